The van der Waals surface area contributed by atoms with Gasteiger partial charge in [0.25, 0.3) is 0 Å². The zero-order chi connectivity index (χ0) is 8.39. The van der Waals surface area contributed by atoms with Gasteiger partial charge in [0.2, 0.25) is 0 Å². The lowest BCUT2D eigenvalue weighted by atomic mass is 10.1. The van der Waals surface area contributed by atoms with Gasteiger partial charge in [-0.1, -0.05) is 23.7 Å². The first-order chi connectivity index (χ1) is 5.86. The number of halogens is 1. The van der Waals surface area contributed by atoms with Crippen molar-refractivity contribution in [2.75, 3.05) is 0 Å². The molecule has 60 valence electrons. The largest absolute Gasteiger partial charge is 0.152 e. The van der Waals surface area contributed by atoms with Gasteiger partial charge in [-0.2, -0.15) is 11.3 Å². The van der Waals surface area contributed by atoms with Crippen molar-refractivity contribution >= 4 is 22.9 Å². The number of rotatable bonds is 1. The highest BCUT2D eigenvalue weighted by Crippen LogP contribution is 2.24. The van der Waals surface area contributed by atoms with Gasteiger partial charge in [-0.15, -0.1) is 0 Å². The summed E-state index contributed by atoms with van der Waals surface area (Å²) >= 11 is 7.56. The highest BCUT2D eigenvalue weighted by molar-refractivity contribution is 7.08. The Labute approximate surface area is 80.4 Å². The molecule has 0 unspecified atom stereocenters. The van der Waals surface area contributed by atoms with Crippen molar-refractivity contribution in [3.8, 4) is 11.1 Å². The summed E-state index contributed by atoms with van der Waals surface area (Å²) in [5.41, 5.74) is 2.42. The summed E-state index contributed by atoms with van der Waals surface area (Å²) in [5, 5.41) is 4.97. The summed E-state index contributed by atoms with van der Waals surface area (Å²) < 4.78 is 0. The predicted octanol–water partition coefficient (Wildman–Crippen LogP) is 4.07. The maximum absolute atomic E-state index is 5.87. The molecule has 12 heavy (non-hydrogen) atoms. The zero-order valence-corrected chi connectivity index (χ0v) is 7.90. The van der Waals surface area contributed by atoms with Gasteiger partial charge in [0.1, 0.15) is 0 Å². The summed E-state index contributed by atoms with van der Waals surface area (Å²) in [7, 11) is 0. The molecule has 1 aromatic heterocycles. The molecule has 0 atom stereocenters. The lowest BCUT2D eigenvalue weighted by Gasteiger charge is -1.96. The van der Waals surface area contributed by atoms with Crippen molar-refractivity contribution in [2.24, 2.45) is 0 Å². The third-order valence-electron chi connectivity index (χ3n) is 1.68. The fourth-order valence-corrected chi connectivity index (χ4v) is 1.95. The molecule has 0 aliphatic rings. The molecule has 2 rings (SSSR count). The Morgan fingerprint density at radius 1 is 1.08 bits per heavy atom. The highest BCUT2D eigenvalue weighted by atomic mass is 35.5. The molecule has 0 saturated heterocycles. The maximum Gasteiger partial charge on any atom is 0.0412 e. The van der Waals surface area contributed by atoms with Crippen LogP contribution in [0.5, 0.6) is 0 Å². The Bertz CT molecular complexity index is 365. The molecule has 0 saturated carbocycles. The second-order valence-corrected chi connectivity index (χ2v) is 3.74. The number of hydrogen-bond acceptors (Lipinski definition) is 1. The van der Waals surface area contributed by atoms with Crippen LogP contribution < -0.4 is 0 Å². The Morgan fingerprint density at radius 2 is 2.00 bits per heavy atom. The SMILES string of the molecule is Clc1cccc(-c2ccsc2)c1. The van der Waals surface area contributed by atoms with E-state index in [1.165, 1.54) is 11.1 Å². The van der Waals surface area contributed by atoms with E-state index in [0.717, 1.165) is 5.02 Å². The van der Waals surface area contributed by atoms with Crippen LogP contribution in [0.15, 0.2) is 41.1 Å². The normalized spacial score (nSPS) is 10.1. The Hall–Kier alpha value is -0.790. The molecule has 2 heteroatoms. The third kappa shape index (κ3) is 1.52. The fourth-order valence-electron chi connectivity index (χ4n) is 1.10. The lowest BCUT2D eigenvalue weighted by molar-refractivity contribution is 1.67. The van der Waals surface area contributed by atoms with Crippen LogP contribution in [0.1, 0.15) is 0 Å². The lowest BCUT2D eigenvalue weighted by Crippen LogP contribution is -1.71. The van der Waals surface area contributed by atoms with Gasteiger partial charge >= 0.3 is 0 Å². The summed E-state index contributed by atoms with van der Waals surface area (Å²) in [5.74, 6) is 0. The van der Waals surface area contributed by atoms with E-state index >= 15 is 0 Å². The molecule has 0 amide bonds. The fraction of sp³-hybridized carbons (Fsp3) is 0. The quantitative estimate of drug-likeness (QED) is 0.642. The molecule has 0 N–H and O–H groups in total. The average Bonchev–Trinajstić information content (AvgIpc) is 2.56. The third-order valence-corrected chi connectivity index (χ3v) is 2.60. The minimum absolute atomic E-state index is 0.790. The summed E-state index contributed by atoms with van der Waals surface area (Å²) in [4.78, 5) is 0. The molecule has 1 aromatic carbocycles. The van der Waals surface area contributed by atoms with Gasteiger partial charge < -0.3 is 0 Å². The second kappa shape index (κ2) is 3.30. The molecule has 1 heterocycles. The van der Waals surface area contributed by atoms with Gasteiger partial charge in [-0.05, 0) is 40.1 Å². The van der Waals surface area contributed by atoms with E-state index in [1.807, 2.05) is 18.2 Å². The van der Waals surface area contributed by atoms with E-state index in [-0.39, 0.29) is 0 Å². The molecule has 0 spiro atoms. The second-order valence-electron chi connectivity index (χ2n) is 2.52. The van der Waals surface area contributed by atoms with E-state index in [1.54, 1.807) is 11.3 Å². The first-order valence-corrected chi connectivity index (χ1v) is 4.96. The number of thiophene rings is 1. The molecule has 0 nitrogen and oxygen atoms in total. The Morgan fingerprint density at radius 3 is 2.67 bits per heavy atom. The zero-order valence-electron chi connectivity index (χ0n) is 6.33. The molecule has 0 bridgehead atoms. The van der Waals surface area contributed by atoms with Crippen LogP contribution in [-0.4, -0.2) is 0 Å². The molecule has 2 aromatic rings. The number of benzene rings is 1. The van der Waals surface area contributed by atoms with E-state index in [9.17, 15) is 0 Å². The van der Waals surface area contributed by atoms with Crippen molar-refractivity contribution in [2.45, 2.75) is 0 Å². The minimum Gasteiger partial charge on any atom is -0.152 e. The molecular weight excluding hydrogens is 188 g/mol. The average molecular weight is 195 g/mol. The van der Waals surface area contributed by atoms with Gasteiger partial charge in [0, 0.05) is 5.02 Å². The summed E-state index contributed by atoms with van der Waals surface area (Å²) in [6.45, 7) is 0. The van der Waals surface area contributed by atoms with Crippen molar-refractivity contribution in [3.05, 3.63) is 46.1 Å². The van der Waals surface area contributed by atoms with E-state index < -0.39 is 0 Å². The minimum atomic E-state index is 0.790. The van der Waals surface area contributed by atoms with E-state index in [0.29, 0.717) is 0 Å². The molecule has 0 fully saturated rings. The van der Waals surface area contributed by atoms with Crippen molar-refractivity contribution in [1.29, 1.82) is 0 Å². The van der Waals surface area contributed by atoms with Gasteiger partial charge in [-0.3, -0.25) is 0 Å². The van der Waals surface area contributed by atoms with Crippen LogP contribution >= 0.6 is 22.9 Å². The van der Waals surface area contributed by atoms with Crippen LogP contribution in [-0.2, 0) is 0 Å². The van der Waals surface area contributed by atoms with Crippen molar-refractivity contribution in [1.82, 2.24) is 0 Å². The van der Waals surface area contributed by atoms with Crippen LogP contribution in [0.25, 0.3) is 11.1 Å². The van der Waals surface area contributed by atoms with Crippen LogP contribution in [0.2, 0.25) is 5.02 Å². The smallest absolute Gasteiger partial charge is 0.0412 e. The van der Waals surface area contributed by atoms with Crippen molar-refractivity contribution < 1.29 is 0 Å². The molecule has 0 radical (unpaired) electrons. The van der Waals surface area contributed by atoms with Gasteiger partial charge in [0.05, 0.1) is 0 Å². The Kier molecular flexibility index (Phi) is 2.15. The molecule has 0 aliphatic carbocycles. The monoisotopic (exact) mass is 194 g/mol. The van der Waals surface area contributed by atoms with Crippen molar-refractivity contribution in [3.63, 3.8) is 0 Å². The van der Waals surface area contributed by atoms with Gasteiger partial charge in [-0.25, -0.2) is 0 Å². The van der Waals surface area contributed by atoms with E-state index in [2.05, 4.69) is 22.9 Å². The maximum atomic E-state index is 5.87. The first-order valence-electron chi connectivity index (χ1n) is 3.64. The highest BCUT2D eigenvalue weighted by Gasteiger charge is 1.96. The summed E-state index contributed by atoms with van der Waals surface area (Å²) in [6.07, 6.45) is 0. The van der Waals surface area contributed by atoms with Crippen LogP contribution in [0, 0.1) is 0 Å². The van der Waals surface area contributed by atoms with E-state index in [4.69, 9.17) is 11.6 Å². The van der Waals surface area contributed by atoms with Gasteiger partial charge in [0.15, 0.2) is 0 Å². The summed E-state index contributed by atoms with van der Waals surface area (Å²) in [6, 6.07) is 9.99. The Balaban J connectivity index is 2.48. The van der Waals surface area contributed by atoms with Crippen LogP contribution in [0.4, 0.5) is 0 Å². The molecular formula is C10H7ClS. The van der Waals surface area contributed by atoms with Crippen LogP contribution in [0.3, 0.4) is 0 Å². The first kappa shape index (κ1) is 7.84. The predicted molar refractivity (Wildman–Crippen MR) is 54.8 cm³/mol. The topological polar surface area (TPSA) is 0 Å². The molecule has 0 aliphatic heterocycles. The number of hydrogen-bond donors (Lipinski definition) is 0. The standard InChI is InChI=1S/C10H7ClS/c11-10-3-1-2-8(6-10)9-4-5-12-7-9/h1-7H.